The molecule has 0 saturated heterocycles. The lowest BCUT2D eigenvalue weighted by Crippen LogP contribution is -2.74. The molecule has 11 aromatic carbocycles. The Balaban J connectivity index is 1.10. The molecule has 380 valence electrons. The predicted molar refractivity (Wildman–Crippen MR) is 332 cm³/mol. The molecule has 13 aromatic rings. The predicted octanol–water partition coefficient (Wildman–Crippen LogP) is 15.2. The lowest BCUT2D eigenvalue weighted by Gasteiger charge is -2.34. The SMILES string of the molecule is [C-]#[N+]c1cc(C#N)cc(-c2ccc3c(c2)c2cc(-c4cc(C#N)cc([N+]#[C-])c4)ccc2n3-c2ccc(-c3nc(-c4ccccc4)nc(-c4ccccc4)n3)c(-c3cccc([Si](c4ccccc4)(c4ccccc4)c4ccccc4)c3)c2)c1. The van der Waals surface area contributed by atoms with E-state index >= 15 is 0 Å². The monoisotopic (exact) mass is 1060 g/mol. The summed E-state index contributed by atoms with van der Waals surface area (Å²) in [5, 5.41) is 26.9. The van der Waals surface area contributed by atoms with Crippen LogP contribution < -0.4 is 20.7 Å². The molecule has 0 atom stereocenters. The first-order valence-electron chi connectivity index (χ1n) is 26.7. The fraction of sp³-hybridized carbons (Fsp3) is 0. The third-order valence-electron chi connectivity index (χ3n) is 15.2. The molecule has 0 unspecified atom stereocenters. The van der Waals surface area contributed by atoms with Gasteiger partial charge in [-0.2, -0.15) is 10.5 Å². The topological polar surface area (TPSA) is 99.9 Å². The summed E-state index contributed by atoms with van der Waals surface area (Å²) >= 11 is 0. The van der Waals surface area contributed by atoms with Crippen LogP contribution in [0, 0.1) is 35.8 Å². The summed E-state index contributed by atoms with van der Waals surface area (Å²) in [6, 6.07) is 95.9. The molecule has 0 fully saturated rings. The molecule has 8 nitrogen and oxygen atoms in total. The van der Waals surface area contributed by atoms with Gasteiger partial charge in [0.25, 0.3) is 0 Å². The Hall–Kier alpha value is -11.6. The van der Waals surface area contributed by atoms with Crippen molar-refractivity contribution in [1.82, 2.24) is 19.5 Å². The molecule has 0 saturated carbocycles. The summed E-state index contributed by atoms with van der Waals surface area (Å²) < 4.78 is 2.27. The van der Waals surface area contributed by atoms with E-state index in [0.29, 0.717) is 40.0 Å². The van der Waals surface area contributed by atoms with Gasteiger partial charge in [-0.3, -0.25) is 0 Å². The Morgan fingerprint density at radius 2 is 0.768 bits per heavy atom. The fourth-order valence-electron chi connectivity index (χ4n) is 11.5. The molecule has 0 N–H and O–H groups in total. The highest BCUT2D eigenvalue weighted by atomic mass is 28.3. The molecular formula is C73H44N8Si. The Labute approximate surface area is 475 Å². The molecule has 0 radical (unpaired) electrons. The van der Waals surface area contributed by atoms with E-state index in [9.17, 15) is 10.5 Å². The van der Waals surface area contributed by atoms with E-state index in [1.54, 1.807) is 12.1 Å². The van der Waals surface area contributed by atoms with Crippen molar-refractivity contribution in [3.63, 3.8) is 0 Å². The van der Waals surface area contributed by atoms with Gasteiger partial charge in [-0.1, -0.05) is 188 Å². The summed E-state index contributed by atoms with van der Waals surface area (Å²) in [6.45, 7) is 15.7. The van der Waals surface area contributed by atoms with Crippen LogP contribution in [0.1, 0.15) is 11.1 Å². The van der Waals surface area contributed by atoms with Gasteiger partial charge in [-0.05, 0) is 133 Å². The average molecular weight is 1060 g/mol. The van der Waals surface area contributed by atoms with Crippen molar-refractivity contribution in [3.8, 4) is 85.4 Å². The number of hydrogen-bond donors (Lipinski definition) is 0. The second kappa shape index (κ2) is 21.3. The van der Waals surface area contributed by atoms with Gasteiger partial charge >= 0.3 is 0 Å². The summed E-state index contributed by atoms with van der Waals surface area (Å²) in [7, 11) is -3.01. The standard InChI is InChI=1S/C73H44N8Si/c1-76-58-39-49(47-74)37-56(41-58)53-31-35-69-67(44-53)68-45-54(57-38-50(48-75)40-59(42-57)77-2)32-36-70(68)81(69)60-33-34-65(73-79-71(51-19-8-3-9-20-51)78-72(80-73)52-21-10-4-11-22-52)66(46-60)55-23-18-30-64(43-55)82(61-24-12-5-13-25-61,62-26-14-6-15-27-62)63-28-16-7-17-29-63/h3-46H. The molecule has 0 aliphatic heterocycles. The van der Waals surface area contributed by atoms with E-state index in [2.05, 4.69) is 184 Å². The van der Waals surface area contributed by atoms with Gasteiger partial charge in [0.1, 0.15) is 0 Å². The molecule has 2 heterocycles. The van der Waals surface area contributed by atoms with E-state index in [1.165, 1.54) is 20.7 Å². The molecule has 2 aromatic heterocycles. The molecule has 82 heavy (non-hydrogen) atoms. The van der Waals surface area contributed by atoms with Crippen molar-refractivity contribution < 1.29 is 0 Å². The third-order valence-corrected chi connectivity index (χ3v) is 20.0. The van der Waals surface area contributed by atoms with Gasteiger partial charge in [0.2, 0.25) is 0 Å². The van der Waals surface area contributed by atoms with E-state index in [-0.39, 0.29) is 0 Å². The lowest BCUT2D eigenvalue weighted by atomic mass is 9.97. The Morgan fingerprint density at radius 1 is 0.341 bits per heavy atom. The van der Waals surface area contributed by atoms with E-state index in [0.717, 1.165) is 77.6 Å². The van der Waals surface area contributed by atoms with Crippen LogP contribution in [0.5, 0.6) is 0 Å². The zero-order valence-corrected chi connectivity index (χ0v) is 45.0. The highest BCUT2D eigenvalue weighted by Crippen LogP contribution is 2.41. The third kappa shape index (κ3) is 9.04. The van der Waals surface area contributed by atoms with Crippen molar-refractivity contribution >= 4 is 62.0 Å². The van der Waals surface area contributed by atoms with Crippen molar-refractivity contribution in [2.75, 3.05) is 0 Å². The highest BCUT2D eigenvalue weighted by molar-refractivity contribution is 7.19. The van der Waals surface area contributed by atoms with E-state index < -0.39 is 8.07 Å². The first-order chi connectivity index (χ1) is 40.4. The van der Waals surface area contributed by atoms with Crippen molar-refractivity contribution in [1.29, 1.82) is 10.5 Å². The number of rotatable bonds is 11. The Morgan fingerprint density at radius 3 is 1.22 bits per heavy atom. The smallest absolute Gasteiger partial charge is 0.189 e. The minimum Gasteiger partial charge on any atom is -0.309 e. The molecular weight excluding hydrogens is 1020 g/mol. The average Bonchev–Trinajstić information content (AvgIpc) is 3.78. The molecule has 0 bridgehead atoms. The summed E-state index contributed by atoms with van der Waals surface area (Å²) in [6.07, 6.45) is 0. The zero-order chi connectivity index (χ0) is 55.6. The molecule has 9 heteroatoms. The van der Waals surface area contributed by atoms with Gasteiger partial charge < -0.3 is 4.57 Å². The van der Waals surface area contributed by atoms with Crippen molar-refractivity contribution in [3.05, 3.63) is 301 Å². The van der Waals surface area contributed by atoms with Crippen LogP contribution >= 0.6 is 0 Å². The van der Waals surface area contributed by atoms with Gasteiger partial charge in [-0.25, -0.2) is 24.6 Å². The maximum atomic E-state index is 10.0. The summed E-state index contributed by atoms with van der Waals surface area (Å²) in [5.74, 6) is 1.63. The number of nitriles is 2. The Kier molecular flexibility index (Phi) is 13.0. The summed E-state index contributed by atoms with van der Waals surface area (Å²) in [5.41, 5.74) is 11.9. The quantitative estimate of drug-likeness (QED) is 0.0730. The van der Waals surface area contributed by atoms with E-state index in [4.69, 9.17) is 28.1 Å². The van der Waals surface area contributed by atoms with Crippen LogP contribution in [0.25, 0.3) is 105 Å². The summed E-state index contributed by atoms with van der Waals surface area (Å²) in [4.78, 5) is 23.1. The fourth-order valence-corrected chi connectivity index (χ4v) is 16.3. The van der Waals surface area contributed by atoms with Crippen LogP contribution in [0.3, 0.4) is 0 Å². The van der Waals surface area contributed by atoms with Crippen LogP contribution in [0.2, 0.25) is 0 Å². The first kappa shape index (κ1) is 49.9. The van der Waals surface area contributed by atoms with Crippen LogP contribution in [0.4, 0.5) is 11.4 Å². The highest BCUT2D eigenvalue weighted by Gasteiger charge is 2.41. The largest absolute Gasteiger partial charge is 0.309 e. The normalized spacial score (nSPS) is 11.1. The van der Waals surface area contributed by atoms with Crippen molar-refractivity contribution in [2.45, 2.75) is 0 Å². The first-order valence-corrected chi connectivity index (χ1v) is 28.7. The molecule has 0 aliphatic carbocycles. The molecule has 13 rings (SSSR count). The minimum atomic E-state index is -3.01. The van der Waals surface area contributed by atoms with Gasteiger partial charge in [-0.15, -0.1) is 0 Å². The van der Waals surface area contributed by atoms with Crippen LogP contribution in [-0.2, 0) is 0 Å². The maximum absolute atomic E-state index is 10.0. The van der Waals surface area contributed by atoms with Gasteiger partial charge in [0.05, 0.1) is 36.3 Å². The van der Waals surface area contributed by atoms with Gasteiger partial charge in [0, 0.05) is 44.3 Å². The van der Waals surface area contributed by atoms with E-state index in [1.807, 2.05) is 97.1 Å². The number of hydrogen-bond acceptors (Lipinski definition) is 5. The second-order valence-electron chi connectivity index (χ2n) is 20.0. The van der Waals surface area contributed by atoms with Crippen molar-refractivity contribution in [2.24, 2.45) is 0 Å². The second-order valence-corrected chi connectivity index (χ2v) is 23.8. The number of nitrogens with zero attached hydrogens (tertiary/aromatic N) is 8. The zero-order valence-electron chi connectivity index (χ0n) is 44.0. The number of fused-ring (bicyclic) bond motifs is 3. The molecule has 0 aliphatic rings. The molecule has 0 amide bonds. The minimum absolute atomic E-state index is 0.379. The maximum Gasteiger partial charge on any atom is 0.189 e. The molecule has 0 spiro atoms. The van der Waals surface area contributed by atoms with Crippen LogP contribution in [0.15, 0.2) is 267 Å². The lowest BCUT2D eigenvalue weighted by molar-refractivity contribution is 1.07. The van der Waals surface area contributed by atoms with Gasteiger partial charge in [0.15, 0.2) is 36.9 Å². The number of aromatic nitrogens is 4. The van der Waals surface area contributed by atoms with Crippen LogP contribution in [-0.4, -0.2) is 27.6 Å². The number of benzene rings is 11. The Bertz CT molecular complexity index is 4430.